The van der Waals surface area contributed by atoms with Crippen molar-refractivity contribution in [3.63, 3.8) is 0 Å². The second-order valence-corrected chi connectivity index (χ2v) is 3.52. The normalized spacial score (nSPS) is 40.2. The van der Waals surface area contributed by atoms with E-state index in [1.807, 2.05) is 0 Å². The summed E-state index contributed by atoms with van der Waals surface area (Å²) in [7, 11) is 0. The van der Waals surface area contributed by atoms with E-state index in [4.69, 9.17) is 0 Å². The third-order valence-corrected chi connectivity index (χ3v) is 2.76. The third-order valence-electron chi connectivity index (χ3n) is 2.76. The van der Waals surface area contributed by atoms with E-state index >= 15 is 0 Å². The van der Waals surface area contributed by atoms with Crippen LogP contribution in [0.15, 0.2) is 0 Å². The van der Waals surface area contributed by atoms with Crippen LogP contribution in [0, 0.1) is 5.92 Å². The van der Waals surface area contributed by atoms with E-state index in [2.05, 4.69) is 0 Å². The van der Waals surface area contributed by atoms with Crippen LogP contribution in [-0.2, 0) is 9.59 Å². The Labute approximate surface area is 70.2 Å². The molecule has 0 aliphatic carbocycles. The van der Waals surface area contributed by atoms with Gasteiger partial charge >= 0.3 is 0 Å². The third kappa shape index (κ3) is 0.813. The molecule has 0 spiro atoms. The molecule has 2 saturated heterocycles. The molecular formula is C8H11NO3. The maximum absolute atomic E-state index is 11.4. The lowest BCUT2D eigenvalue weighted by Gasteiger charge is -2.24. The summed E-state index contributed by atoms with van der Waals surface area (Å²) in [5.41, 5.74) is -0.997. The minimum absolute atomic E-state index is 0.204. The number of aldehydes is 1. The first-order chi connectivity index (χ1) is 5.67. The van der Waals surface area contributed by atoms with Gasteiger partial charge in [0.2, 0.25) is 5.91 Å². The van der Waals surface area contributed by atoms with Gasteiger partial charge in [0.25, 0.3) is 0 Å². The van der Waals surface area contributed by atoms with Crippen LogP contribution >= 0.6 is 0 Å². The molecule has 2 atom stereocenters. The van der Waals surface area contributed by atoms with Crippen molar-refractivity contribution in [1.82, 2.24) is 4.90 Å². The first-order valence-corrected chi connectivity index (χ1v) is 4.16. The van der Waals surface area contributed by atoms with Crippen molar-refractivity contribution in [2.24, 2.45) is 5.92 Å². The molecule has 1 amide bonds. The Morgan fingerprint density at radius 2 is 2.42 bits per heavy atom. The van der Waals surface area contributed by atoms with Crippen LogP contribution in [0.25, 0.3) is 0 Å². The van der Waals surface area contributed by atoms with Crippen LogP contribution in [0.5, 0.6) is 0 Å². The number of nitrogens with zero attached hydrogens (tertiary/aromatic N) is 1. The van der Waals surface area contributed by atoms with Gasteiger partial charge in [-0.2, -0.15) is 0 Å². The van der Waals surface area contributed by atoms with E-state index < -0.39 is 11.6 Å². The Morgan fingerprint density at radius 1 is 1.67 bits per heavy atom. The van der Waals surface area contributed by atoms with Gasteiger partial charge in [-0.25, -0.2) is 0 Å². The SMILES string of the molecule is O=CC1C[C@]2(O)CCCN2C1=O. The molecule has 2 heterocycles. The number of fused-ring (bicyclic) bond motifs is 1. The zero-order chi connectivity index (χ0) is 8.77. The first-order valence-electron chi connectivity index (χ1n) is 4.16. The molecule has 0 aromatic rings. The van der Waals surface area contributed by atoms with Gasteiger partial charge in [-0.3, -0.25) is 4.79 Å². The predicted molar refractivity (Wildman–Crippen MR) is 40.1 cm³/mol. The summed E-state index contributed by atoms with van der Waals surface area (Å²) in [5, 5.41) is 9.85. The van der Waals surface area contributed by atoms with Gasteiger partial charge in [0.15, 0.2) is 0 Å². The maximum Gasteiger partial charge on any atom is 0.235 e. The minimum Gasteiger partial charge on any atom is -0.371 e. The lowest BCUT2D eigenvalue weighted by atomic mass is 10.0. The van der Waals surface area contributed by atoms with E-state index in [1.54, 1.807) is 0 Å². The topological polar surface area (TPSA) is 57.6 Å². The minimum atomic E-state index is -0.997. The number of aliphatic hydroxyl groups is 1. The van der Waals surface area contributed by atoms with Crippen molar-refractivity contribution in [1.29, 1.82) is 0 Å². The number of amides is 1. The fraction of sp³-hybridized carbons (Fsp3) is 0.750. The fourth-order valence-corrected chi connectivity index (χ4v) is 2.14. The van der Waals surface area contributed by atoms with E-state index in [9.17, 15) is 14.7 Å². The highest BCUT2D eigenvalue weighted by atomic mass is 16.3. The molecule has 4 nitrogen and oxygen atoms in total. The summed E-state index contributed by atoms with van der Waals surface area (Å²) in [4.78, 5) is 23.2. The zero-order valence-corrected chi connectivity index (χ0v) is 6.69. The summed E-state index contributed by atoms with van der Waals surface area (Å²) in [6.45, 7) is 0.597. The average molecular weight is 169 g/mol. The maximum atomic E-state index is 11.4. The van der Waals surface area contributed by atoms with E-state index in [0.29, 0.717) is 19.3 Å². The van der Waals surface area contributed by atoms with Crippen molar-refractivity contribution in [2.75, 3.05) is 6.54 Å². The van der Waals surface area contributed by atoms with Gasteiger partial charge in [0.05, 0.1) is 5.92 Å². The van der Waals surface area contributed by atoms with Crippen molar-refractivity contribution in [2.45, 2.75) is 25.0 Å². The number of rotatable bonds is 1. The molecule has 1 unspecified atom stereocenters. The molecule has 66 valence electrons. The number of carbonyl (C=O) groups excluding carboxylic acids is 2. The second kappa shape index (κ2) is 2.29. The Morgan fingerprint density at radius 3 is 3.00 bits per heavy atom. The van der Waals surface area contributed by atoms with Gasteiger partial charge in [0, 0.05) is 13.0 Å². The highest BCUT2D eigenvalue weighted by Gasteiger charge is 2.52. The lowest BCUT2D eigenvalue weighted by Crippen LogP contribution is -2.39. The Hall–Kier alpha value is -0.900. The smallest absolute Gasteiger partial charge is 0.235 e. The van der Waals surface area contributed by atoms with Crippen LogP contribution in [0.1, 0.15) is 19.3 Å². The van der Waals surface area contributed by atoms with Crippen LogP contribution in [0.2, 0.25) is 0 Å². The molecule has 0 aromatic carbocycles. The molecule has 2 aliphatic heterocycles. The Kier molecular flexibility index (Phi) is 1.48. The fourth-order valence-electron chi connectivity index (χ4n) is 2.14. The highest BCUT2D eigenvalue weighted by molar-refractivity contribution is 5.94. The summed E-state index contributed by atoms with van der Waals surface area (Å²) < 4.78 is 0. The molecule has 2 fully saturated rings. The molecule has 0 bridgehead atoms. The van der Waals surface area contributed by atoms with E-state index in [0.717, 1.165) is 6.42 Å². The molecular weight excluding hydrogens is 158 g/mol. The molecule has 2 rings (SSSR count). The van der Waals surface area contributed by atoms with Crippen LogP contribution in [0.3, 0.4) is 0 Å². The monoisotopic (exact) mass is 169 g/mol. The second-order valence-electron chi connectivity index (χ2n) is 3.52. The molecule has 4 heteroatoms. The first kappa shape index (κ1) is 7.73. The Balaban J connectivity index is 2.27. The van der Waals surface area contributed by atoms with Gasteiger partial charge < -0.3 is 14.8 Å². The molecule has 0 radical (unpaired) electrons. The average Bonchev–Trinajstić information content (AvgIpc) is 2.50. The molecule has 0 aromatic heterocycles. The van der Waals surface area contributed by atoms with E-state index in [-0.39, 0.29) is 12.3 Å². The molecule has 12 heavy (non-hydrogen) atoms. The summed E-state index contributed by atoms with van der Waals surface area (Å²) >= 11 is 0. The van der Waals surface area contributed by atoms with Crippen LogP contribution in [0.4, 0.5) is 0 Å². The summed E-state index contributed by atoms with van der Waals surface area (Å²) in [6, 6.07) is 0. The standard InChI is InChI=1S/C8H11NO3/c10-5-6-4-8(12)2-1-3-9(8)7(6)11/h5-6,12H,1-4H2/t6?,8-/m1/s1. The lowest BCUT2D eigenvalue weighted by molar-refractivity contribution is -0.140. The van der Waals surface area contributed by atoms with Gasteiger partial charge in [-0.15, -0.1) is 0 Å². The number of hydrogen-bond acceptors (Lipinski definition) is 3. The van der Waals surface area contributed by atoms with Crippen molar-refractivity contribution in [3.05, 3.63) is 0 Å². The van der Waals surface area contributed by atoms with Crippen LogP contribution < -0.4 is 0 Å². The van der Waals surface area contributed by atoms with Gasteiger partial charge in [0.1, 0.15) is 12.0 Å². The van der Waals surface area contributed by atoms with Crippen molar-refractivity contribution in [3.8, 4) is 0 Å². The zero-order valence-electron chi connectivity index (χ0n) is 6.69. The summed E-state index contributed by atoms with van der Waals surface area (Å²) in [5.74, 6) is -0.805. The van der Waals surface area contributed by atoms with Crippen molar-refractivity contribution < 1.29 is 14.7 Å². The molecule has 0 saturated carbocycles. The van der Waals surface area contributed by atoms with Gasteiger partial charge in [-0.05, 0) is 12.8 Å². The van der Waals surface area contributed by atoms with Gasteiger partial charge in [-0.1, -0.05) is 0 Å². The highest BCUT2D eigenvalue weighted by Crippen LogP contribution is 2.39. The quantitative estimate of drug-likeness (QED) is 0.426. The van der Waals surface area contributed by atoms with Crippen LogP contribution in [-0.4, -0.2) is 34.5 Å². The van der Waals surface area contributed by atoms with E-state index in [1.165, 1.54) is 4.90 Å². The molecule has 1 N–H and O–H groups in total. The predicted octanol–water partition coefficient (Wildman–Crippen LogP) is -0.484. The Bertz CT molecular complexity index is 240. The molecule has 2 aliphatic rings. The number of carbonyl (C=O) groups is 2. The number of hydrogen-bond donors (Lipinski definition) is 1. The van der Waals surface area contributed by atoms with Crippen molar-refractivity contribution >= 4 is 12.2 Å². The largest absolute Gasteiger partial charge is 0.371 e. The summed E-state index contributed by atoms with van der Waals surface area (Å²) in [6.07, 6.45) is 2.38.